The molecule has 170 valence electrons. The van der Waals surface area contributed by atoms with Crippen molar-refractivity contribution in [1.82, 2.24) is 15.5 Å². The molecule has 0 fully saturated rings. The van der Waals surface area contributed by atoms with Crippen molar-refractivity contribution in [3.8, 4) is 11.3 Å². The number of nitrogens with one attached hydrogen (secondary N) is 4. The summed E-state index contributed by atoms with van der Waals surface area (Å²) in [6.07, 6.45) is 1.68. The molecule has 1 aliphatic rings. The van der Waals surface area contributed by atoms with Crippen molar-refractivity contribution in [2.75, 3.05) is 16.2 Å². The van der Waals surface area contributed by atoms with E-state index in [-0.39, 0.29) is 19.1 Å². The Kier molecular flexibility index (Phi) is 6.11. The van der Waals surface area contributed by atoms with Crippen LogP contribution < -0.4 is 21.7 Å². The number of halogens is 1. The molecule has 9 heteroatoms. The lowest BCUT2D eigenvalue weighted by molar-refractivity contribution is 0.102. The number of carbonyl (C=O) groups excluding carboxylic acids is 1. The van der Waals surface area contributed by atoms with Crippen LogP contribution in [0, 0.1) is 5.82 Å². The molecular formula is C25H21FN6O2. The van der Waals surface area contributed by atoms with Gasteiger partial charge in [0.25, 0.3) is 5.91 Å². The maximum atomic E-state index is 14.6. The Hall–Kier alpha value is -4.34. The van der Waals surface area contributed by atoms with Crippen molar-refractivity contribution < 1.29 is 13.9 Å². The van der Waals surface area contributed by atoms with E-state index < -0.39 is 5.82 Å². The number of hydrazine groups is 2. The highest BCUT2D eigenvalue weighted by Gasteiger charge is 2.14. The molecule has 0 saturated heterocycles. The number of nitrogens with zero attached hydrogens (tertiary/aromatic N) is 2. The standard InChI is InChI=1S/C25H21FN6O2/c26-21-13-19(8-7-18(21)14-34-15-20-6-1-2-11-27-20)28-25(33)17-5-3-4-16(12-17)22-9-10-23-24(29-22)31-32-30-23/h1-13,30,32H,14-15H2,(H,28,33)(H,29,31). The van der Waals surface area contributed by atoms with Gasteiger partial charge in [0.2, 0.25) is 0 Å². The van der Waals surface area contributed by atoms with Gasteiger partial charge in [-0.25, -0.2) is 9.37 Å². The van der Waals surface area contributed by atoms with E-state index in [1.54, 1.807) is 36.5 Å². The number of aromatic nitrogens is 2. The lowest BCUT2D eigenvalue weighted by Crippen LogP contribution is -2.19. The summed E-state index contributed by atoms with van der Waals surface area (Å²) in [6, 6.07) is 20.9. The monoisotopic (exact) mass is 456 g/mol. The van der Waals surface area contributed by atoms with E-state index in [1.165, 1.54) is 6.07 Å². The third kappa shape index (κ3) is 4.85. The van der Waals surface area contributed by atoms with Gasteiger partial charge in [0, 0.05) is 28.6 Å². The van der Waals surface area contributed by atoms with Gasteiger partial charge in [-0.2, -0.15) is 0 Å². The van der Waals surface area contributed by atoms with Crippen molar-refractivity contribution in [2.24, 2.45) is 0 Å². The van der Waals surface area contributed by atoms with Gasteiger partial charge < -0.3 is 15.5 Å². The summed E-state index contributed by atoms with van der Waals surface area (Å²) >= 11 is 0. The molecule has 0 unspecified atom stereocenters. The van der Waals surface area contributed by atoms with Gasteiger partial charge in [-0.3, -0.25) is 15.2 Å². The van der Waals surface area contributed by atoms with Gasteiger partial charge in [0.15, 0.2) is 5.82 Å². The molecule has 8 nitrogen and oxygen atoms in total. The first-order valence-corrected chi connectivity index (χ1v) is 10.6. The Labute approximate surface area is 195 Å². The second-order valence-corrected chi connectivity index (χ2v) is 7.62. The van der Waals surface area contributed by atoms with Crippen LogP contribution in [0.3, 0.4) is 0 Å². The van der Waals surface area contributed by atoms with Crippen molar-refractivity contribution in [3.63, 3.8) is 0 Å². The summed E-state index contributed by atoms with van der Waals surface area (Å²) in [4.78, 5) is 21.5. The molecule has 4 aromatic rings. The zero-order valence-electron chi connectivity index (χ0n) is 18.0. The predicted octanol–water partition coefficient (Wildman–Crippen LogP) is 4.51. The Morgan fingerprint density at radius 3 is 2.76 bits per heavy atom. The van der Waals surface area contributed by atoms with Crippen molar-refractivity contribution in [1.29, 1.82) is 0 Å². The smallest absolute Gasteiger partial charge is 0.255 e. The number of rotatable bonds is 7. The van der Waals surface area contributed by atoms with Crippen LogP contribution in [0.5, 0.6) is 0 Å². The molecule has 0 spiro atoms. The molecule has 3 heterocycles. The van der Waals surface area contributed by atoms with E-state index in [0.717, 1.165) is 16.9 Å². The van der Waals surface area contributed by atoms with Crippen molar-refractivity contribution in [2.45, 2.75) is 13.2 Å². The lowest BCUT2D eigenvalue weighted by Gasteiger charge is -2.10. The second kappa shape index (κ2) is 9.65. The van der Waals surface area contributed by atoms with Gasteiger partial charge in [-0.05, 0) is 48.5 Å². The number of benzene rings is 2. The number of hydrogen-bond donors (Lipinski definition) is 4. The number of ether oxygens (including phenoxy) is 1. The van der Waals surface area contributed by atoms with Gasteiger partial charge >= 0.3 is 0 Å². The van der Waals surface area contributed by atoms with Crippen LogP contribution in [0.2, 0.25) is 0 Å². The molecule has 0 radical (unpaired) electrons. The van der Waals surface area contributed by atoms with Crippen LogP contribution in [0.15, 0.2) is 79.0 Å². The van der Waals surface area contributed by atoms with E-state index in [1.807, 2.05) is 36.4 Å². The van der Waals surface area contributed by atoms with Crippen LogP contribution in [0.25, 0.3) is 11.3 Å². The number of pyridine rings is 2. The molecule has 0 aliphatic carbocycles. The fourth-order valence-corrected chi connectivity index (χ4v) is 3.49. The number of fused-ring (bicyclic) bond motifs is 1. The Morgan fingerprint density at radius 1 is 0.971 bits per heavy atom. The third-order valence-corrected chi connectivity index (χ3v) is 5.24. The first-order valence-electron chi connectivity index (χ1n) is 10.6. The highest BCUT2D eigenvalue weighted by Crippen LogP contribution is 2.27. The molecule has 34 heavy (non-hydrogen) atoms. The van der Waals surface area contributed by atoms with Crippen LogP contribution in [0.4, 0.5) is 21.6 Å². The van der Waals surface area contributed by atoms with Gasteiger partial charge in [-0.1, -0.05) is 24.3 Å². The second-order valence-electron chi connectivity index (χ2n) is 7.62. The van der Waals surface area contributed by atoms with E-state index in [0.29, 0.717) is 28.3 Å². The van der Waals surface area contributed by atoms with Crippen LogP contribution in [-0.4, -0.2) is 15.9 Å². The third-order valence-electron chi connectivity index (χ3n) is 5.24. The summed E-state index contributed by atoms with van der Waals surface area (Å²) in [7, 11) is 0. The van der Waals surface area contributed by atoms with Gasteiger partial charge in [0.05, 0.1) is 30.3 Å². The normalized spacial score (nSPS) is 11.9. The van der Waals surface area contributed by atoms with Crippen LogP contribution in [0.1, 0.15) is 21.6 Å². The quantitative estimate of drug-likeness (QED) is 0.325. The Bertz CT molecular complexity index is 1330. The fourth-order valence-electron chi connectivity index (χ4n) is 3.49. The average molecular weight is 456 g/mol. The molecule has 5 rings (SSSR count). The lowest BCUT2D eigenvalue weighted by atomic mass is 10.1. The average Bonchev–Trinajstić information content (AvgIpc) is 3.34. The number of amides is 1. The first-order chi connectivity index (χ1) is 16.7. The topological polar surface area (TPSA) is 100 Å². The fraction of sp³-hybridized carbons (Fsp3) is 0.0800. The summed E-state index contributed by atoms with van der Waals surface area (Å²) in [5, 5.41) is 2.75. The number of anilines is 3. The molecule has 1 aliphatic heterocycles. The van der Waals surface area contributed by atoms with Crippen LogP contribution >= 0.6 is 0 Å². The number of hydrogen-bond acceptors (Lipinski definition) is 7. The molecule has 2 aromatic carbocycles. The Balaban J connectivity index is 1.23. The minimum absolute atomic E-state index is 0.104. The zero-order valence-corrected chi connectivity index (χ0v) is 18.0. The molecule has 0 bridgehead atoms. The summed E-state index contributed by atoms with van der Waals surface area (Å²) in [5.74, 6) is -0.125. The summed E-state index contributed by atoms with van der Waals surface area (Å²) < 4.78 is 20.1. The van der Waals surface area contributed by atoms with E-state index >= 15 is 0 Å². The molecule has 0 saturated carbocycles. The highest BCUT2D eigenvalue weighted by atomic mass is 19.1. The maximum Gasteiger partial charge on any atom is 0.255 e. The molecule has 2 aromatic heterocycles. The van der Waals surface area contributed by atoms with E-state index in [2.05, 4.69) is 31.7 Å². The molecular weight excluding hydrogens is 435 g/mol. The SMILES string of the molecule is O=C(Nc1ccc(COCc2ccccn2)c(F)c1)c1cccc(-c2ccc3c(n2)NNN3)c1. The first kappa shape index (κ1) is 21.5. The molecule has 4 N–H and O–H groups in total. The van der Waals surface area contributed by atoms with Gasteiger partial charge in [-0.15, -0.1) is 5.53 Å². The number of carbonyl (C=O) groups is 1. The minimum atomic E-state index is -0.454. The predicted molar refractivity (Wildman–Crippen MR) is 127 cm³/mol. The summed E-state index contributed by atoms with van der Waals surface area (Å²) in [5.41, 5.74) is 12.9. The van der Waals surface area contributed by atoms with Crippen molar-refractivity contribution >= 4 is 23.1 Å². The molecule has 1 amide bonds. The van der Waals surface area contributed by atoms with Crippen LogP contribution in [-0.2, 0) is 18.0 Å². The van der Waals surface area contributed by atoms with E-state index in [4.69, 9.17) is 4.74 Å². The Morgan fingerprint density at radius 2 is 1.91 bits per heavy atom. The molecule has 0 atom stereocenters. The summed E-state index contributed by atoms with van der Waals surface area (Å²) in [6.45, 7) is 0.392. The van der Waals surface area contributed by atoms with E-state index in [9.17, 15) is 9.18 Å². The van der Waals surface area contributed by atoms with Crippen molar-refractivity contribution in [3.05, 3.63) is 102 Å². The maximum absolute atomic E-state index is 14.6. The zero-order chi connectivity index (χ0) is 23.3. The highest BCUT2D eigenvalue weighted by molar-refractivity contribution is 6.05. The largest absolute Gasteiger partial charge is 0.370 e. The van der Waals surface area contributed by atoms with Gasteiger partial charge in [0.1, 0.15) is 5.82 Å². The minimum Gasteiger partial charge on any atom is -0.370 e.